The fourth-order valence-corrected chi connectivity index (χ4v) is 1.36. The molecule has 4 nitrogen and oxygen atoms in total. The van der Waals surface area contributed by atoms with Crippen LogP contribution in [0.15, 0.2) is 30.3 Å². The molecule has 0 bridgehead atoms. The lowest BCUT2D eigenvalue weighted by molar-refractivity contribution is 0.249. The number of nitrogens with two attached hydrogens (primary N) is 1. The highest BCUT2D eigenvalue weighted by molar-refractivity contribution is 7.89. The Balaban J connectivity index is 2.72. The van der Waals surface area contributed by atoms with Gasteiger partial charge in [-0.05, 0) is 5.56 Å². The Morgan fingerprint density at radius 1 is 1.31 bits per heavy atom. The predicted molar refractivity (Wildman–Crippen MR) is 49.3 cm³/mol. The standard InChI is InChI=1S/C8H11NO3S/c9-13(11,12)8(10)6-7-4-2-1-3-5-7/h1-5,8,10H,6H2,(H2,9,11,12). The Labute approximate surface area is 77.1 Å². The van der Waals surface area contributed by atoms with Crippen molar-refractivity contribution >= 4 is 10.0 Å². The van der Waals surface area contributed by atoms with E-state index in [1.165, 1.54) is 0 Å². The summed E-state index contributed by atoms with van der Waals surface area (Å²) in [5.74, 6) is 0. The highest BCUT2D eigenvalue weighted by Gasteiger charge is 2.17. The molecule has 0 aliphatic heterocycles. The number of primary sulfonamides is 1. The van der Waals surface area contributed by atoms with Crippen molar-refractivity contribution in [3.8, 4) is 0 Å². The lowest BCUT2D eigenvalue weighted by Gasteiger charge is -2.07. The molecular formula is C8H11NO3S. The molecule has 0 saturated carbocycles. The molecule has 0 heterocycles. The fourth-order valence-electron chi connectivity index (χ4n) is 0.932. The van der Waals surface area contributed by atoms with Gasteiger partial charge in [0.15, 0.2) is 5.44 Å². The van der Waals surface area contributed by atoms with Gasteiger partial charge in [0.25, 0.3) is 0 Å². The monoisotopic (exact) mass is 201 g/mol. The van der Waals surface area contributed by atoms with E-state index in [-0.39, 0.29) is 6.42 Å². The number of rotatable bonds is 3. The quantitative estimate of drug-likeness (QED) is 0.712. The molecule has 72 valence electrons. The SMILES string of the molecule is NS(=O)(=O)C(O)Cc1ccccc1. The molecule has 3 N–H and O–H groups in total. The van der Waals surface area contributed by atoms with Gasteiger partial charge in [-0.3, -0.25) is 0 Å². The number of sulfonamides is 1. The van der Waals surface area contributed by atoms with Gasteiger partial charge in [-0.1, -0.05) is 30.3 Å². The first kappa shape index (κ1) is 10.2. The van der Waals surface area contributed by atoms with Crippen LogP contribution >= 0.6 is 0 Å². The second-order valence-corrected chi connectivity index (χ2v) is 4.46. The number of hydrogen-bond donors (Lipinski definition) is 2. The van der Waals surface area contributed by atoms with Crippen molar-refractivity contribution in [1.29, 1.82) is 0 Å². The molecule has 0 aliphatic rings. The molecule has 0 aromatic heterocycles. The van der Waals surface area contributed by atoms with Gasteiger partial charge in [-0.2, -0.15) is 0 Å². The van der Waals surface area contributed by atoms with Crippen LogP contribution in [0.2, 0.25) is 0 Å². The average Bonchev–Trinajstić information content (AvgIpc) is 2.04. The van der Waals surface area contributed by atoms with E-state index in [1.807, 2.05) is 6.07 Å². The van der Waals surface area contributed by atoms with Crippen LogP contribution in [-0.4, -0.2) is 19.0 Å². The highest BCUT2D eigenvalue weighted by atomic mass is 32.2. The van der Waals surface area contributed by atoms with Crippen LogP contribution in [0.4, 0.5) is 0 Å². The fraction of sp³-hybridized carbons (Fsp3) is 0.250. The van der Waals surface area contributed by atoms with E-state index >= 15 is 0 Å². The first-order valence-electron chi connectivity index (χ1n) is 3.74. The van der Waals surface area contributed by atoms with Crippen molar-refractivity contribution in [3.05, 3.63) is 35.9 Å². The van der Waals surface area contributed by atoms with Gasteiger partial charge in [0.1, 0.15) is 0 Å². The summed E-state index contributed by atoms with van der Waals surface area (Å²) in [6.07, 6.45) is 0.0275. The molecule has 0 spiro atoms. The summed E-state index contributed by atoms with van der Waals surface area (Å²) in [7, 11) is -3.85. The minimum atomic E-state index is -3.85. The first-order valence-corrected chi connectivity index (χ1v) is 5.34. The molecule has 5 heteroatoms. The molecule has 0 amide bonds. The van der Waals surface area contributed by atoms with Crippen LogP contribution < -0.4 is 5.14 Å². The zero-order chi connectivity index (χ0) is 9.90. The van der Waals surface area contributed by atoms with E-state index in [1.54, 1.807) is 24.3 Å². The van der Waals surface area contributed by atoms with Crippen molar-refractivity contribution in [1.82, 2.24) is 0 Å². The van der Waals surface area contributed by atoms with Crippen molar-refractivity contribution in [3.63, 3.8) is 0 Å². The maximum Gasteiger partial charge on any atom is 0.236 e. The maximum absolute atomic E-state index is 10.7. The van der Waals surface area contributed by atoms with Crippen LogP contribution in [0, 0.1) is 0 Å². The zero-order valence-corrected chi connectivity index (χ0v) is 7.74. The van der Waals surface area contributed by atoms with E-state index < -0.39 is 15.5 Å². The van der Waals surface area contributed by atoms with Crippen molar-refractivity contribution in [2.45, 2.75) is 11.9 Å². The van der Waals surface area contributed by atoms with Gasteiger partial charge in [0, 0.05) is 6.42 Å². The summed E-state index contributed by atoms with van der Waals surface area (Å²) < 4.78 is 21.3. The summed E-state index contributed by atoms with van der Waals surface area (Å²) in [5.41, 5.74) is -0.779. The molecule has 0 saturated heterocycles. The topological polar surface area (TPSA) is 80.4 Å². The van der Waals surface area contributed by atoms with Crippen LogP contribution in [0.25, 0.3) is 0 Å². The third-order valence-corrected chi connectivity index (χ3v) is 2.56. The van der Waals surface area contributed by atoms with Gasteiger partial charge < -0.3 is 5.11 Å². The molecular weight excluding hydrogens is 190 g/mol. The van der Waals surface area contributed by atoms with Crippen LogP contribution in [-0.2, 0) is 16.4 Å². The molecule has 13 heavy (non-hydrogen) atoms. The van der Waals surface area contributed by atoms with Crippen molar-refractivity contribution in [2.75, 3.05) is 0 Å². The lowest BCUT2D eigenvalue weighted by Crippen LogP contribution is -2.29. The summed E-state index contributed by atoms with van der Waals surface area (Å²) >= 11 is 0. The maximum atomic E-state index is 10.7. The zero-order valence-electron chi connectivity index (χ0n) is 6.92. The van der Waals surface area contributed by atoms with E-state index in [0.29, 0.717) is 0 Å². The molecule has 1 atom stereocenters. The van der Waals surface area contributed by atoms with Gasteiger partial charge in [0.2, 0.25) is 10.0 Å². The minimum absolute atomic E-state index is 0.0275. The Morgan fingerprint density at radius 3 is 2.31 bits per heavy atom. The van der Waals surface area contributed by atoms with Crippen LogP contribution in [0.3, 0.4) is 0 Å². The lowest BCUT2D eigenvalue weighted by atomic mass is 10.2. The molecule has 1 unspecified atom stereocenters. The molecule has 0 aliphatic carbocycles. The normalized spacial score (nSPS) is 14.0. The van der Waals surface area contributed by atoms with Gasteiger partial charge in [-0.25, -0.2) is 13.6 Å². The third kappa shape index (κ3) is 3.14. The Bertz CT molecular complexity index is 360. The van der Waals surface area contributed by atoms with Crippen LogP contribution in [0.1, 0.15) is 5.56 Å². The van der Waals surface area contributed by atoms with Gasteiger partial charge in [-0.15, -0.1) is 0 Å². The molecule has 0 radical (unpaired) electrons. The van der Waals surface area contributed by atoms with E-state index in [2.05, 4.69) is 0 Å². The van der Waals surface area contributed by atoms with Crippen LogP contribution in [0.5, 0.6) is 0 Å². The highest BCUT2D eigenvalue weighted by Crippen LogP contribution is 2.05. The number of aliphatic hydroxyl groups is 1. The summed E-state index contributed by atoms with van der Waals surface area (Å²) in [5, 5.41) is 13.9. The first-order chi connectivity index (χ1) is 6.00. The third-order valence-electron chi connectivity index (χ3n) is 1.63. The number of benzene rings is 1. The average molecular weight is 201 g/mol. The second kappa shape index (κ2) is 3.87. The summed E-state index contributed by atoms with van der Waals surface area (Å²) in [4.78, 5) is 0. The Kier molecular flexibility index (Phi) is 3.02. The number of hydrogen-bond acceptors (Lipinski definition) is 3. The van der Waals surface area contributed by atoms with Crippen molar-refractivity contribution in [2.24, 2.45) is 5.14 Å². The van der Waals surface area contributed by atoms with Crippen molar-refractivity contribution < 1.29 is 13.5 Å². The summed E-state index contributed by atoms with van der Waals surface area (Å²) in [6, 6.07) is 8.81. The van der Waals surface area contributed by atoms with E-state index in [9.17, 15) is 8.42 Å². The predicted octanol–water partition coefficient (Wildman–Crippen LogP) is -0.164. The largest absolute Gasteiger partial charge is 0.376 e. The molecule has 0 fully saturated rings. The minimum Gasteiger partial charge on any atom is -0.376 e. The Morgan fingerprint density at radius 2 is 1.85 bits per heavy atom. The molecule has 1 aromatic carbocycles. The molecule has 1 aromatic rings. The Hall–Kier alpha value is -0.910. The van der Waals surface area contributed by atoms with E-state index in [0.717, 1.165) is 5.56 Å². The van der Waals surface area contributed by atoms with Gasteiger partial charge >= 0.3 is 0 Å². The smallest absolute Gasteiger partial charge is 0.236 e. The molecule has 1 rings (SSSR count). The number of aliphatic hydroxyl groups excluding tert-OH is 1. The second-order valence-electron chi connectivity index (χ2n) is 2.73. The van der Waals surface area contributed by atoms with Gasteiger partial charge in [0.05, 0.1) is 0 Å². The summed E-state index contributed by atoms with van der Waals surface area (Å²) in [6.45, 7) is 0. The van der Waals surface area contributed by atoms with E-state index in [4.69, 9.17) is 10.2 Å².